The number of ether oxygens (including phenoxy) is 2. The molecule has 4 heteroatoms. The topological polar surface area (TPSA) is 61.5 Å². The van der Waals surface area contributed by atoms with E-state index in [1.165, 1.54) is 0 Å². The molecule has 0 bridgehead atoms. The summed E-state index contributed by atoms with van der Waals surface area (Å²) >= 11 is 0. The van der Waals surface area contributed by atoms with Crippen LogP contribution in [0.15, 0.2) is 30.3 Å². The van der Waals surface area contributed by atoms with Gasteiger partial charge in [0, 0.05) is 19.8 Å². The molecule has 0 fully saturated rings. The van der Waals surface area contributed by atoms with E-state index in [1.54, 1.807) is 6.92 Å². The van der Waals surface area contributed by atoms with Gasteiger partial charge in [-0.2, -0.15) is 0 Å². The van der Waals surface area contributed by atoms with Crippen molar-refractivity contribution in [2.45, 2.75) is 25.7 Å². The summed E-state index contributed by atoms with van der Waals surface area (Å²) in [6.45, 7) is 5.40. The van der Waals surface area contributed by atoms with Crippen molar-refractivity contribution < 1.29 is 14.3 Å². The molecule has 0 heterocycles. The molecule has 0 amide bonds. The largest absolute Gasteiger partial charge is 0.465 e. The molecule has 0 aliphatic rings. The Morgan fingerprint density at radius 3 is 2.42 bits per heavy atom. The molecule has 106 valence electrons. The van der Waals surface area contributed by atoms with E-state index in [4.69, 9.17) is 15.2 Å². The van der Waals surface area contributed by atoms with E-state index >= 15 is 0 Å². The molecule has 19 heavy (non-hydrogen) atoms. The van der Waals surface area contributed by atoms with Crippen molar-refractivity contribution in [3.05, 3.63) is 35.9 Å². The molecule has 0 spiro atoms. The summed E-state index contributed by atoms with van der Waals surface area (Å²) < 4.78 is 10.6. The van der Waals surface area contributed by atoms with Crippen molar-refractivity contribution in [1.29, 1.82) is 0 Å². The van der Waals surface area contributed by atoms with Crippen molar-refractivity contribution in [3.63, 3.8) is 0 Å². The maximum absolute atomic E-state index is 12.3. The third kappa shape index (κ3) is 3.78. The summed E-state index contributed by atoms with van der Waals surface area (Å²) in [5.74, 6) is -0.275. The molecular formula is C15H23NO3. The fraction of sp³-hybridized carbons (Fsp3) is 0.533. The van der Waals surface area contributed by atoms with Crippen LogP contribution in [0.5, 0.6) is 0 Å². The molecular weight excluding hydrogens is 242 g/mol. The highest BCUT2D eigenvalue weighted by Gasteiger charge is 2.40. The smallest absolute Gasteiger partial charge is 0.317 e. The zero-order valence-electron chi connectivity index (χ0n) is 11.7. The summed E-state index contributed by atoms with van der Waals surface area (Å²) in [4.78, 5) is 12.3. The summed E-state index contributed by atoms with van der Waals surface area (Å²) in [7, 11) is 0. The third-order valence-corrected chi connectivity index (χ3v) is 3.22. The molecule has 0 aliphatic heterocycles. The van der Waals surface area contributed by atoms with Crippen LogP contribution in [0.4, 0.5) is 0 Å². The Hall–Kier alpha value is -1.39. The van der Waals surface area contributed by atoms with Crippen molar-refractivity contribution in [2.24, 2.45) is 5.73 Å². The number of carbonyl (C=O) groups excluding carboxylic acids is 1. The maximum Gasteiger partial charge on any atom is 0.317 e. The quantitative estimate of drug-likeness (QED) is 0.576. The van der Waals surface area contributed by atoms with Crippen LogP contribution in [0.2, 0.25) is 0 Å². The Balaban J connectivity index is 3.02. The van der Waals surface area contributed by atoms with Crippen LogP contribution in [0.25, 0.3) is 0 Å². The van der Waals surface area contributed by atoms with Crippen LogP contribution in [-0.4, -0.2) is 32.3 Å². The predicted molar refractivity (Wildman–Crippen MR) is 74.9 cm³/mol. The number of rotatable bonds is 8. The van der Waals surface area contributed by atoms with Crippen LogP contribution in [-0.2, 0) is 19.7 Å². The van der Waals surface area contributed by atoms with Gasteiger partial charge in [-0.1, -0.05) is 30.3 Å². The second-order valence-corrected chi connectivity index (χ2v) is 4.32. The van der Waals surface area contributed by atoms with Crippen molar-refractivity contribution >= 4 is 5.97 Å². The summed E-state index contributed by atoms with van der Waals surface area (Å²) in [5.41, 5.74) is 5.97. The lowest BCUT2D eigenvalue weighted by Gasteiger charge is -2.30. The van der Waals surface area contributed by atoms with Gasteiger partial charge in [0.15, 0.2) is 0 Å². The highest BCUT2D eigenvalue weighted by atomic mass is 16.5. The van der Waals surface area contributed by atoms with E-state index in [0.29, 0.717) is 26.2 Å². The van der Waals surface area contributed by atoms with Crippen LogP contribution in [0, 0.1) is 0 Å². The lowest BCUT2D eigenvalue weighted by atomic mass is 9.77. The van der Waals surface area contributed by atoms with E-state index in [2.05, 4.69) is 0 Å². The van der Waals surface area contributed by atoms with Gasteiger partial charge in [0.1, 0.15) is 5.41 Å². The minimum Gasteiger partial charge on any atom is -0.465 e. The third-order valence-electron chi connectivity index (χ3n) is 3.22. The number of nitrogens with two attached hydrogens (primary N) is 1. The van der Waals surface area contributed by atoms with Crippen molar-refractivity contribution in [3.8, 4) is 0 Å². The van der Waals surface area contributed by atoms with Gasteiger partial charge in [0.25, 0.3) is 0 Å². The van der Waals surface area contributed by atoms with E-state index in [9.17, 15) is 4.79 Å². The van der Waals surface area contributed by atoms with Crippen LogP contribution < -0.4 is 5.73 Å². The fourth-order valence-corrected chi connectivity index (χ4v) is 2.08. The lowest BCUT2D eigenvalue weighted by Crippen LogP contribution is -2.45. The molecule has 0 radical (unpaired) electrons. The van der Waals surface area contributed by atoms with Gasteiger partial charge in [-0.15, -0.1) is 0 Å². The molecule has 4 nitrogen and oxygen atoms in total. The molecule has 1 aromatic carbocycles. The highest BCUT2D eigenvalue weighted by molar-refractivity contribution is 5.83. The molecule has 0 aromatic heterocycles. The molecule has 1 unspecified atom stereocenters. The Bertz CT molecular complexity index is 380. The van der Waals surface area contributed by atoms with Gasteiger partial charge >= 0.3 is 5.97 Å². The van der Waals surface area contributed by atoms with Crippen LogP contribution in [0.1, 0.15) is 25.8 Å². The number of hydrogen-bond acceptors (Lipinski definition) is 4. The van der Waals surface area contributed by atoms with Gasteiger partial charge in [-0.25, -0.2) is 0 Å². The molecule has 0 saturated carbocycles. The summed E-state index contributed by atoms with van der Waals surface area (Å²) in [5, 5.41) is 0. The van der Waals surface area contributed by atoms with Crippen LogP contribution in [0.3, 0.4) is 0 Å². The fourth-order valence-electron chi connectivity index (χ4n) is 2.08. The van der Waals surface area contributed by atoms with Gasteiger partial charge in [-0.3, -0.25) is 4.79 Å². The Morgan fingerprint density at radius 1 is 1.21 bits per heavy atom. The first-order chi connectivity index (χ1) is 9.21. The van der Waals surface area contributed by atoms with Crippen molar-refractivity contribution in [2.75, 3.05) is 26.4 Å². The minimum atomic E-state index is -0.813. The molecule has 1 rings (SSSR count). The van der Waals surface area contributed by atoms with E-state index in [0.717, 1.165) is 5.56 Å². The summed E-state index contributed by atoms with van der Waals surface area (Å²) in [6.07, 6.45) is 0.528. The van der Waals surface area contributed by atoms with Crippen molar-refractivity contribution in [1.82, 2.24) is 0 Å². The van der Waals surface area contributed by atoms with Gasteiger partial charge in [-0.05, 0) is 25.8 Å². The first kappa shape index (κ1) is 15.7. The number of hydrogen-bond donors (Lipinski definition) is 1. The monoisotopic (exact) mass is 265 g/mol. The lowest BCUT2D eigenvalue weighted by molar-refractivity contribution is -0.150. The zero-order valence-corrected chi connectivity index (χ0v) is 11.7. The Kier molecular flexibility index (Phi) is 6.53. The number of benzene rings is 1. The predicted octanol–water partition coefficient (Wildman–Crippen LogP) is 1.87. The number of carbonyl (C=O) groups is 1. The number of esters is 1. The normalized spacial score (nSPS) is 13.8. The van der Waals surface area contributed by atoms with E-state index < -0.39 is 5.41 Å². The minimum absolute atomic E-state index is 0.211. The Labute approximate surface area is 114 Å². The van der Waals surface area contributed by atoms with Gasteiger partial charge in [0.05, 0.1) is 6.61 Å². The first-order valence-electron chi connectivity index (χ1n) is 6.71. The van der Waals surface area contributed by atoms with Crippen LogP contribution >= 0.6 is 0 Å². The molecule has 2 N–H and O–H groups in total. The molecule has 0 aliphatic carbocycles. The first-order valence-corrected chi connectivity index (χ1v) is 6.71. The van der Waals surface area contributed by atoms with E-state index in [1.807, 2.05) is 37.3 Å². The second-order valence-electron chi connectivity index (χ2n) is 4.32. The summed E-state index contributed by atoms with van der Waals surface area (Å²) in [6, 6.07) is 9.54. The van der Waals surface area contributed by atoms with E-state index in [-0.39, 0.29) is 12.5 Å². The average molecular weight is 265 g/mol. The second kappa shape index (κ2) is 7.92. The maximum atomic E-state index is 12.3. The van der Waals surface area contributed by atoms with Gasteiger partial charge < -0.3 is 15.2 Å². The Morgan fingerprint density at radius 2 is 1.89 bits per heavy atom. The zero-order chi connectivity index (χ0) is 14.1. The highest BCUT2D eigenvalue weighted by Crippen LogP contribution is 2.29. The SMILES string of the molecule is CCOCCC(CN)(C(=O)OCC)c1ccccc1. The molecule has 0 saturated heterocycles. The van der Waals surface area contributed by atoms with Gasteiger partial charge in [0.2, 0.25) is 0 Å². The molecule has 1 aromatic rings. The average Bonchev–Trinajstić information content (AvgIpc) is 2.45. The molecule has 1 atom stereocenters. The standard InChI is InChI=1S/C15H23NO3/c1-3-18-11-10-15(12-16,14(17)19-4-2)13-8-6-5-7-9-13/h5-9H,3-4,10-12,16H2,1-2H3.